The van der Waals surface area contributed by atoms with Gasteiger partial charge in [-0.1, -0.05) is 6.07 Å². The predicted molar refractivity (Wildman–Crippen MR) is 73.0 cm³/mol. The molecule has 1 amide bonds. The number of aromatic nitrogens is 1. The Hall–Kier alpha value is -1.81. The van der Waals surface area contributed by atoms with Crippen LogP contribution in [0.4, 0.5) is 5.69 Å². The van der Waals surface area contributed by atoms with Gasteiger partial charge in [-0.2, -0.15) is 0 Å². The van der Waals surface area contributed by atoms with Crippen LogP contribution < -0.4 is 4.90 Å². The summed E-state index contributed by atoms with van der Waals surface area (Å²) in [5.74, 6) is 0.0383. The Labute approximate surface area is 110 Å². The monoisotopic (exact) mass is 256 g/mol. The van der Waals surface area contributed by atoms with Crippen molar-refractivity contribution in [2.75, 3.05) is 11.2 Å². The number of carbonyl (C=O) groups excluding carboxylic acids is 1. The lowest BCUT2D eigenvalue weighted by molar-refractivity contribution is 0.0996. The summed E-state index contributed by atoms with van der Waals surface area (Å²) in [6.45, 7) is 0.633. The van der Waals surface area contributed by atoms with Crippen molar-refractivity contribution in [3.8, 4) is 0 Å². The average molecular weight is 256 g/mol. The van der Waals surface area contributed by atoms with Crippen LogP contribution in [0.3, 0.4) is 0 Å². The minimum atomic E-state index is 0.0383. The zero-order chi connectivity index (χ0) is 12.5. The van der Waals surface area contributed by atoms with E-state index in [-0.39, 0.29) is 5.91 Å². The Balaban J connectivity index is 1.98. The summed E-state index contributed by atoms with van der Waals surface area (Å²) >= 11 is 1.68. The Morgan fingerprint density at radius 3 is 3.00 bits per heavy atom. The summed E-state index contributed by atoms with van der Waals surface area (Å²) in [4.78, 5) is 19.3. The zero-order valence-electron chi connectivity index (χ0n) is 9.96. The van der Waals surface area contributed by atoms with E-state index in [0.717, 1.165) is 16.1 Å². The first-order chi connectivity index (χ1) is 8.79. The maximum Gasteiger partial charge on any atom is 0.260 e. The number of hydrogen-bond donors (Lipinski definition) is 0. The highest BCUT2D eigenvalue weighted by Crippen LogP contribution is 2.29. The number of hydrogen-bond acceptors (Lipinski definition) is 3. The Morgan fingerprint density at radius 1 is 1.33 bits per heavy atom. The van der Waals surface area contributed by atoms with E-state index in [9.17, 15) is 4.79 Å². The van der Waals surface area contributed by atoms with Gasteiger partial charge in [0, 0.05) is 23.0 Å². The SMILES string of the molecule is CSc1cccc(N2Cc3ccncc3C2=O)c1. The van der Waals surface area contributed by atoms with Crippen LogP contribution in [0.15, 0.2) is 47.6 Å². The van der Waals surface area contributed by atoms with Crippen molar-refractivity contribution in [1.82, 2.24) is 4.98 Å². The highest BCUT2D eigenvalue weighted by molar-refractivity contribution is 7.98. The summed E-state index contributed by atoms with van der Waals surface area (Å²) in [6.07, 6.45) is 5.41. The molecule has 3 nitrogen and oxygen atoms in total. The molecule has 0 saturated heterocycles. The molecule has 0 spiro atoms. The van der Waals surface area contributed by atoms with Crippen LogP contribution in [0.2, 0.25) is 0 Å². The molecule has 1 aliphatic rings. The first-order valence-electron chi connectivity index (χ1n) is 5.68. The van der Waals surface area contributed by atoms with Gasteiger partial charge in [0.2, 0.25) is 0 Å². The smallest absolute Gasteiger partial charge is 0.260 e. The van der Waals surface area contributed by atoms with Gasteiger partial charge in [0.1, 0.15) is 0 Å². The topological polar surface area (TPSA) is 33.2 Å². The molecule has 90 valence electrons. The molecule has 3 rings (SSSR count). The van der Waals surface area contributed by atoms with Crippen LogP contribution in [0.5, 0.6) is 0 Å². The number of nitrogens with zero attached hydrogens (tertiary/aromatic N) is 2. The summed E-state index contributed by atoms with van der Waals surface area (Å²) in [7, 11) is 0. The van der Waals surface area contributed by atoms with Crippen LogP contribution in [0.1, 0.15) is 15.9 Å². The summed E-state index contributed by atoms with van der Waals surface area (Å²) < 4.78 is 0. The van der Waals surface area contributed by atoms with Gasteiger partial charge in [-0.3, -0.25) is 9.78 Å². The molecule has 0 N–H and O–H groups in total. The Kier molecular flexibility index (Phi) is 2.80. The van der Waals surface area contributed by atoms with Crippen molar-refractivity contribution >= 4 is 23.4 Å². The number of pyridine rings is 1. The largest absolute Gasteiger partial charge is 0.304 e. The number of benzene rings is 1. The quantitative estimate of drug-likeness (QED) is 0.774. The molecule has 0 unspecified atom stereocenters. The fraction of sp³-hybridized carbons (Fsp3) is 0.143. The van der Waals surface area contributed by atoms with Crippen LogP contribution in [0.25, 0.3) is 0 Å². The first-order valence-corrected chi connectivity index (χ1v) is 6.91. The predicted octanol–water partition coefficient (Wildman–Crippen LogP) is 2.96. The number of carbonyl (C=O) groups is 1. The van der Waals surface area contributed by atoms with E-state index >= 15 is 0 Å². The van der Waals surface area contributed by atoms with Crippen molar-refractivity contribution < 1.29 is 4.79 Å². The van der Waals surface area contributed by atoms with Crippen LogP contribution >= 0.6 is 11.8 Å². The minimum absolute atomic E-state index is 0.0383. The van der Waals surface area contributed by atoms with Crippen molar-refractivity contribution in [3.05, 3.63) is 53.9 Å². The molecule has 0 fully saturated rings. The maximum absolute atomic E-state index is 12.3. The number of rotatable bonds is 2. The Morgan fingerprint density at radius 2 is 2.22 bits per heavy atom. The third kappa shape index (κ3) is 1.78. The van der Waals surface area contributed by atoms with Crippen LogP contribution in [-0.4, -0.2) is 17.1 Å². The van der Waals surface area contributed by atoms with Crippen molar-refractivity contribution in [2.45, 2.75) is 11.4 Å². The van der Waals surface area contributed by atoms with Gasteiger partial charge in [-0.15, -0.1) is 11.8 Å². The number of thioether (sulfide) groups is 1. The van der Waals surface area contributed by atoms with E-state index in [2.05, 4.69) is 4.98 Å². The molecule has 2 heterocycles. The second-order valence-electron chi connectivity index (χ2n) is 4.13. The van der Waals surface area contributed by atoms with Crippen LogP contribution in [-0.2, 0) is 6.54 Å². The molecular formula is C14H12N2OS. The number of amides is 1. The van der Waals surface area contributed by atoms with E-state index in [4.69, 9.17) is 0 Å². The molecule has 0 aliphatic carbocycles. The summed E-state index contributed by atoms with van der Waals surface area (Å²) in [6, 6.07) is 9.95. The van der Waals surface area contributed by atoms with Crippen molar-refractivity contribution in [2.24, 2.45) is 0 Å². The summed E-state index contributed by atoms with van der Waals surface area (Å²) in [5, 5.41) is 0. The van der Waals surface area contributed by atoms with E-state index in [0.29, 0.717) is 12.1 Å². The molecule has 18 heavy (non-hydrogen) atoms. The minimum Gasteiger partial charge on any atom is -0.304 e. The molecular weight excluding hydrogens is 244 g/mol. The van der Waals surface area contributed by atoms with E-state index < -0.39 is 0 Å². The molecule has 1 aromatic carbocycles. The van der Waals surface area contributed by atoms with Gasteiger partial charge in [0.05, 0.1) is 12.1 Å². The van der Waals surface area contributed by atoms with Gasteiger partial charge in [-0.05, 0) is 36.1 Å². The highest BCUT2D eigenvalue weighted by Gasteiger charge is 2.28. The lowest BCUT2D eigenvalue weighted by Crippen LogP contribution is -2.22. The molecule has 0 saturated carbocycles. The van der Waals surface area contributed by atoms with Gasteiger partial charge in [0.25, 0.3) is 5.91 Å². The van der Waals surface area contributed by atoms with Gasteiger partial charge >= 0.3 is 0 Å². The van der Waals surface area contributed by atoms with E-state index in [1.807, 2.05) is 36.6 Å². The standard InChI is InChI=1S/C14H12N2OS/c1-18-12-4-2-3-11(7-12)16-9-10-5-6-15-8-13(10)14(16)17/h2-8H,9H2,1H3. The first kappa shape index (κ1) is 11.3. The number of anilines is 1. The fourth-order valence-corrected chi connectivity index (χ4v) is 2.58. The van der Waals surface area contributed by atoms with Gasteiger partial charge in [0.15, 0.2) is 0 Å². The third-order valence-corrected chi connectivity index (χ3v) is 3.81. The van der Waals surface area contributed by atoms with Gasteiger partial charge < -0.3 is 4.90 Å². The van der Waals surface area contributed by atoms with Gasteiger partial charge in [-0.25, -0.2) is 0 Å². The second kappa shape index (κ2) is 4.46. The lowest BCUT2D eigenvalue weighted by Gasteiger charge is -2.16. The fourth-order valence-electron chi connectivity index (χ4n) is 2.13. The van der Waals surface area contributed by atoms with Crippen molar-refractivity contribution in [3.63, 3.8) is 0 Å². The molecule has 0 radical (unpaired) electrons. The second-order valence-corrected chi connectivity index (χ2v) is 5.01. The molecule has 0 atom stereocenters. The van der Waals surface area contributed by atoms with Crippen molar-refractivity contribution in [1.29, 1.82) is 0 Å². The molecule has 1 aliphatic heterocycles. The van der Waals surface area contributed by atoms with E-state index in [1.165, 1.54) is 0 Å². The average Bonchev–Trinajstić information content (AvgIpc) is 2.77. The highest BCUT2D eigenvalue weighted by atomic mass is 32.2. The molecule has 1 aromatic heterocycles. The molecule has 0 bridgehead atoms. The molecule has 2 aromatic rings. The summed E-state index contributed by atoms with van der Waals surface area (Å²) in [5.41, 5.74) is 2.71. The zero-order valence-corrected chi connectivity index (χ0v) is 10.8. The normalized spacial score (nSPS) is 13.8. The number of fused-ring (bicyclic) bond motifs is 1. The Bertz CT molecular complexity index is 612. The van der Waals surface area contributed by atoms with E-state index in [1.54, 1.807) is 29.1 Å². The molecule has 4 heteroatoms. The third-order valence-electron chi connectivity index (χ3n) is 3.08. The maximum atomic E-state index is 12.3. The lowest BCUT2D eigenvalue weighted by atomic mass is 10.2. The van der Waals surface area contributed by atoms with Crippen LogP contribution in [0, 0.1) is 0 Å².